The Kier molecular flexibility index (Phi) is 5.28. The number of hydrogen-bond donors (Lipinski definition) is 2. The van der Waals surface area contributed by atoms with Gasteiger partial charge in [-0.15, -0.1) is 0 Å². The van der Waals surface area contributed by atoms with Crippen molar-refractivity contribution in [1.82, 2.24) is 24.6 Å². The molecule has 1 amide bonds. The van der Waals surface area contributed by atoms with E-state index in [9.17, 15) is 4.79 Å². The van der Waals surface area contributed by atoms with Gasteiger partial charge in [0.25, 0.3) is 5.91 Å². The molecule has 2 saturated heterocycles. The third-order valence-electron chi connectivity index (χ3n) is 6.64. The zero-order valence-electron chi connectivity index (χ0n) is 17.3. The van der Waals surface area contributed by atoms with Crippen molar-refractivity contribution in [2.75, 3.05) is 36.4 Å². The number of primary amides is 1. The highest BCUT2D eigenvalue weighted by molar-refractivity contribution is 5.96. The van der Waals surface area contributed by atoms with E-state index < -0.39 is 5.91 Å². The topological polar surface area (TPSA) is 105 Å². The molecule has 9 nitrogen and oxygen atoms in total. The molecule has 4 heterocycles. The van der Waals surface area contributed by atoms with E-state index in [1.54, 1.807) is 12.4 Å². The number of rotatable bonds is 6. The van der Waals surface area contributed by atoms with Crippen molar-refractivity contribution in [3.63, 3.8) is 0 Å². The standard InChI is InChI=1S/C21H30N8O/c22-20(30)19-21(26-18(11-23-19)27-8-4-1-5-9-27)25-15-10-24-29(12-15)17-13-28(14-17)16-6-2-3-7-16/h10-12,16-17H,1-9,13-14H2,(H2,22,30)(H,25,26). The van der Waals surface area contributed by atoms with Crippen LogP contribution < -0.4 is 16.0 Å². The average molecular weight is 411 g/mol. The minimum absolute atomic E-state index is 0.152. The van der Waals surface area contributed by atoms with Gasteiger partial charge in [0, 0.05) is 38.4 Å². The van der Waals surface area contributed by atoms with Crippen LogP contribution in [0.3, 0.4) is 0 Å². The summed E-state index contributed by atoms with van der Waals surface area (Å²) in [4.78, 5) is 25.6. The molecule has 3 aliphatic rings. The number of hydrogen-bond acceptors (Lipinski definition) is 7. The zero-order valence-corrected chi connectivity index (χ0v) is 17.3. The second kappa shape index (κ2) is 8.22. The molecule has 160 valence electrons. The van der Waals surface area contributed by atoms with Crippen molar-refractivity contribution in [2.45, 2.75) is 57.0 Å². The van der Waals surface area contributed by atoms with Gasteiger partial charge in [-0.1, -0.05) is 12.8 Å². The second-order valence-electron chi connectivity index (χ2n) is 8.72. The summed E-state index contributed by atoms with van der Waals surface area (Å²) >= 11 is 0. The number of carbonyl (C=O) groups excluding carboxylic acids is 1. The molecule has 0 spiro atoms. The molecule has 2 aliphatic heterocycles. The van der Waals surface area contributed by atoms with Crippen LogP contribution in [0, 0.1) is 0 Å². The van der Waals surface area contributed by atoms with Crippen LogP contribution in [0.15, 0.2) is 18.6 Å². The molecule has 0 aromatic carbocycles. The highest BCUT2D eigenvalue weighted by Gasteiger charge is 2.35. The number of carbonyl (C=O) groups is 1. The van der Waals surface area contributed by atoms with E-state index in [1.807, 2.05) is 10.9 Å². The average Bonchev–Trinajstić information content (AvgIpc) is 3.40. The molecule has 0 bridgehead atoms. The summed E-state index contributed by atoms with van der Waals surface area (Å²) in [6, 6.07) is 1.17. The first kappa shape index (κ1) is 19.3. The molecule has 2 aromatic rings. The Hall–Kier alpha value is -2.68. The lowest BCUT2D eigenvalue weighted by molar-refractivity contribution is 0.0553. The molecular weight excluding hydrogens is 380 g/mol. The van der Waals surface area contributed by atoms with E-state index in [1.165, 1.54) is 32.1 Å². The first-order valence-corrected chi connectivity index (χ1v) is 11.1. The lowest BCUT2D eigenvalue weighted by Gasteiger charge is -2.43. The van der Waals surface area contributed by atoms with Gasteiger partial charge in [-0.3, -0.25) is 14.4 Å². The van der Waals surface area contributed by atoms with E-state index in [4.69, 9.17) is 5.73 Å². The molecule has 3 N–H and O–H groups in total. The summed E-state index contributed by atoms with van der Waals surface area (Å²) in [5, 5.41) is 7.76. The lowest BCUT2D eigenvalue weighted by Crippen LogP contribution is -2.52. The Morgan fingerprint density at radius 1 is 1.03 bits per heavy atom. The van der Waals surface area contributed by atoms with E-state index >= 15 is 0 Å². The van der Waals surface area contributed by atoms with Crippen LogP contribution in [0.4, 0.5) is 17.3 Å². The van der Waals surface area contributed by atoms with Crippen LogP contribution in [0.1, 0.15) is 61.5 Å². The van der Waals surface area contributed by atoms with Crippen molar-refractivity contribution in [2.24, 2.45) is 5.73 Å². The number of likely N-dealkylation sites (tertiary alicyclic amines) is 1. The Morgan fingerprint density at radius 3 is 2.53 bits per heavy atom. The van der Waals surface area contributed by atoms with Crippen molar-refractivity contribution in [3.8, 4) is 0 Å². The molecular formula is C21H30N8O. The summed E-state index contributed by atoms with van der Waals surface area (Å²) in [5.74, 6) is 0.584. The molecule has 1 saturated carbocycles. The zero-order chi connectivity index (χ0) is 20.5. The highest BCUT2D eigenvalue weighted by atomic mass is 16.1. The number of nitrogens with zero attached hydrogens (tertiary/aromatic N) is 6. The van der Waals surface area contributed by atoms with Crippen molar-refractivity contribution in [3.05, 3.63) is 24.3 Å². The summed E-state index contributed by atoms with van der Waals surface area (Å²) in [6.45, 7) is 4.04. The number of anilines is 3. The fourth-order valence-electron chi connectivity index (χ4n) is 4.88. The van der Waals surface area contributed by atoms with Gasteiger partial charge in [0.15, 0.2) is 11.5 Å². The first-order valence-electron chi connectivity index (χ1n) is 11.1. The van der Waals surface area contributed by atoms with Gasteiger partial charge in [-0.2, -0.15) is 5.10 Å². The van der Waals surface area contributed by atoms with Gasteiger partial charge >= 0.3 is 0 Å². The van der Waals surface area contributed by atoms with Gasteiger partial charge in [-0.05, 0) is 32.1 Å². The normalized spacial score (nSPS) is 21.0. The third kappa shape index (κ3) is 3.86. The Balaban J connectivity index is 1.28. The van der Waals surface area contributed by atoms with Crippen LogP contribution in [0.25, 0.3) is 0 Å². The van der Waals surface area contributed by atoms with Crippen molar-refractivity contribution >= 4 is 23.2 Å². The lowest BCUT2D eigenvalue weighted by atomic mass is 10.0. The third-order valence-corrected chi connectivity index (χ3v) is 6.64. The smallest absolute Gasteiger partial charge is 0.271 e. The molecule has 1 aliphatic carbocycles. The fourth-order valence-corrected chi connectivity index (χ4v) is 4.88. The Bertz CT molecular complexity index is 894. The minimum Gasteiger partial charge on any atom is -0.364 e. The Labute approximate surface area is 176 Å². The van der Waals surface area contributed by atoms with E-state index in [0.29, 0.717) is 11.9 Å². The number of piperidine rings is 1. The van der Waals surface area contributed by atoms with Crippen molar-refractivity contribution < 1.29 is 4.79 Å². The summed E-state index contributed by atoms with van der Waals surface area (Å²) in [5.41, 5.74) is 6.48. The SMILES string of the molecule is NC(=O)c1ncc(N2CCCCC2)nc1Nc1cnn(C2CN(C3CCCC3)C2)c1. The van der Waals surface area contributed by atoms with Gasteiger partial charge < -0.3 is 16.0 Å². The van der Waals surface area contributed by atoms with Crippen LogP contribution in [0.2, 0.25) is 0 Å². The van der Waals surface area contributed by atoms with E-state index in [-0.39, 0.29) is 5.69 Å². The predicted molar refractivity (Wildman–Crippen MR) is 115 cm³/mol. The maximum atomic E-state index is 11.9. The van der Waals surface area contributed by atoms with Crippen LogP contribution in [0.5, 0.6) is 0 Å². The number of nitrogens with two attached hydrogens (primary N) is 1. The van der Waals surface area contributed by atoms with E-state index in [2.05, 4.69) is 30.2 Å². The monoisotopic (exact) mass is 410 g/mol. The number of aromatic nitrogens is 4. The summed E-state index contributed by atoms with van der Waals surface area (Å²) in [6.07, 6.45) is 14.3. The maximum absolute atomic E-state index is 11.9. The highest BCUT2D eigenvalue weighted by Crippen LogP contribution is 2.32. The molecule has 5 rings (SSSR count). The van der Waals surface area contributed by atoms with Crippen molar-refractivity contribution in [1.29, 1.82) is 0 Å². The van der Waals surface area contributed by atoms with Crippen LogP contribution in [-0.2, 0) is 0 Å². The fraction of sp³-hybridized carbons (Fsp3) is 0.619. The predicted octanol–water partition coefficient (Wildman–Crippen LogP) is 2.31. The second-order valence-corrected chi connectivity index (χ2v) is 8.72. The molecule has 0 unspecified atom stereocenters. The maximum Gasteiger partial charge on any atom is 0.271 e. The largest absolute Gasteiger partial charge is 0.364 e. The van der Waals surface area contributed by atoms with Crippen LogP contribution >= 0.6 is 0 Å². The quantitative estimate of drug-likeness (QED) is 0.753. The molecule has 0 atom stereocenters. The summed E-state index contributed by atoms with van der Waals surface area (Å²) < 4.78 is 2.01. The Morgan fingerprint density at radius 2 is 1.80 bits per heavy atom. The van der Waals surface area contributed by atoms with E-state index in [0.717, 1.165) is 56.6 Å². The molecule has 3 fully saturated rings. The number of amides is 1. The van der Waals surface area contributed by atoms with Gasteiger partial charge in [0.05, 0.1) is 24.1 Å². The van der Waals surface area contributed by atoms with Gasteiger partial charge in [-0.25, -0.2) is 9.97 Å². The number of nitrogens with one attached hydrogen (secondary N) is 1. The van der Waals surface area contributed by atoms with Gasteiger partial charge in [0.2, 0.25) is 0 Å². The summed E-state index contributed by atoms with van der Waals surface area (Å²) in [7, 11) is 0. The molecule has 9 heteroatoms. The molecule has 0 radical (unpaired) electrons. The molecule has 2 aromatic heterocycles. The van der Waals surface area contributed by atoms with Crippen LogP contribution in [-0.4, -0.2) is 62.8 Å². The minimum atomic E-state index is -0.589. The van der Waals surface area contributed by atoms with Gasteiger partial charge in [0.1, 0.15) is 5.82 Å². The molecule has 30 heavy (non-hydrogen) atoms. The first-order chi connectivity index (χ1) is 14.7.